The molecule has 0 unspecified atom stereocenters. The molecule has 0 atom stereocenters. The fourth-order valence-corrected chi connectivity index (χ4v) is 3.67. The number of carboxylic acids is 1. The molecular formula is C25H25N3O5. The minimum absolute atomic E-state index is 0.0970. The summed E-state index contributed by atoms with van der Waals surface area (Å²) in [7, 11) is 1.65. The maximum atomic E-state index is 11.1. The Morgan fingerprint density at radius 3 is 2.76 bits per heavy atom. The zero-order valence-corrected chi connectivity index (χ0v) is 18.5. The summed E-state index contributed by atoms with van der Waals surface area (Å²) in [5.74, 6) is 1.12. The van der Waals surface area contributed by atoms with E-state index in [2.05, 4.69) is 21.4 Å². The van der Waals surface area contributed by atoms with Gasteiger partial charge in [0.15, 0.2) is 0 Å². The van der Waals surface area contributed by atoms with Crippen molar-refractivity contribution in [3.05, 3.63) is 66.2 Å². The lowest BCUT2D eigenvalue weighted by Gasteiger charge is -2.12. The highest BCUT2D eigenvalue weighted by Crippen LogP contribution is 2.29. The Labute approximate surface area is 191 Å². The number of hydrogen-bond acceptors (Lipinski definition) is 7. The lowest BCUT2D eigenvalue weighted by molar-refractivity contribution is -0.136. The number of carbonyl (C=O) groups is 1. The maximum absolute atomic E-state index is 11.1. The molecular weight excluding hydrogens is 422 g/mol. The normalized spacial score (nSPS) is 10.8. The highest BCUT2D eigenvalue weighted by molar-refractivity contribution is 5.80. The average molecular weight is 447 g/mol. The van der Waals surface area contributed by atoms with E-state index in [4.69, 9.17) is 19.0 Å². The van der Waals surface area contributed by atoms with E-state index in [1.807, 2.05) is 37.3 Å². The fourth-order valence-electron chi connectivity index (χ4n) is 3.67. The highest BCUT2D eigenvalue weighted by atomic mass is 16.5. The van der Waals surface area contributed by atoms with Crippen LogP contribution < -0.4 is 14.8 Å². The number of aromatic nitrogens is 2. The minimum Gasteiger partial charge on any atom is -0.496 e. The van der Waals surface area contributed by atoms with Crippen molar-refractivity contribution in [1.82, 2.24) is 9.97 Å². The Balaban J connectivity index is 1.48. The molecule has 0 saturated carbocycles. The van der Waals surface area contributed by atoms with Crippen LogP contribution >= 0.6 is 0 Å². The van der Waals surface area contributed by atoms with Crippen LogP contribution in [0.2, 0.25) is 0 Å². The number of hydrogen-bond donors (Lipinski definition) is 2. The topological polar surface area (TPSA) is 107 Å². The van der Waals surface area contributed by atoms with E-state index in [1.165, 1.54) is 6.33 Å². The summed E-state index contributed by atoms with van der Waals surface area (Å²) in [6.45, 7) is 2.96. The predicted molar refractivity (Wildman–Crippen MR) is 125 cm³/mol. The van der Waals surface area contributed by atoms with E-state index >= 15 is 0 Å². The molecule has 8 heteroatoms. The van der Waals surface area contributed by atoms with Gasteiger partial charge in [-0.1, -0.05) is 12.1 Å². The first-order chi connectivity index (χ1) is 16.1. The first-order valence-electron chi connectivity index (χ1n) is 10.6. The zero-order chi connectivity index (χ0) is 23.2. The van der Waals surface area contributed by atoms with Gasteiger partial charge in [0.05, 0.1) is 32.1 Å². The van der Waals surface area contributed by atoms with Crippen LogP contribution in [0.3, 0.4) is 0 Å². The second-order valence-electron chi connectivity index (χ2n) is 7.41. The van der Waals surface area contributed by atoms with Crippen LogP contribution in [0.15, 0.2) is 59.5 Å². The van der Waals surface area contributed by atoms with Crippen LogP contribution in [0.25, 0.3) is 22.2 Å². The Morgan fingerprint density at radius 1 is 1.09 bits per heavy atom. The smallest absolute Gasteiger partial charge is 0.307 e. The van der Waals surface area contributed by atoms with Crippen LogP contribution in [0.1, 0.15) is 18.1 Å². The van der Waals surface area contributed by atoms with Crippen molar-refractivity contribution >= 4 is 22.8 Å². The molecule has 0 saturated heterocycles. The third-order valence-electron chi connectivity index (χ3n) is 5.23. The first-order valence-corrected chi connectivity index (χ1v) is 10.6. The van der Waals surface area contributed by atoms with Crippen LogP contribution in [-0.4, -0.2) is 41.3 Å². The van der Waals surface area contributed by atoms with Crippen molar-refractivity contribution < 1.29 is 23.8 Å². The monoisotopic (exact) mass is 447 g/mol. The van der Waals surface area contributed by atoms with E-state index in [9.17, 15) is 4.79 Å². The molecule has 0 aliphatic carbocycles. The predicted octanol–water partition coefficient (Wildman–Crippen LogP) is 4.58. The number of aliphatic carboxylic acids is 1. The fraction of sp³-hybridized carbons (Fsp3) is 0.240. The van der Waals surface area contributed by atoms with E-state index in [-0.39, 0.29) is 6.42 Å². The Hall–Kier alpha value is -4.07. The summed E-state index contributed by atoms with van der Waals surface area (Å²) in [5.41, 5.74) is 4.04. The Morgan fingerprint density at radius 2 is 1.97 bits per heavy atom. The van der Waals surface area contributed by atoms with E-state index in [1.54, 1.807) is 19.4 Å². The standard InChI is InChI=1S/C25H25N3O5/c1-3-32-22-11-16(4-5-17(22)12-25(29)30)20-13-24(28-15-27-20)26-8-6-18-10-19-7-9-33-23(19)14-21(18)31-2/h4-5,7,9-11,13-15H,3,6,8,12H2,1-2H3,(H,29,30)(H,26,27,28). The van der Waals surface area contributed by atoms with Gasteiger partial charge >= 0.3 is 5.97 Å². The molecule has 0 fully saturated rings. The van der Waals surface area contributed by atoms with E-state index in [0.717, 1.165) is 34.3 Å². The van der Waals surface area contributed by atoms with Crippen molar-refractivity contribution in [1.29, 1.82) is 0 Å². The van der Waals surface area contributed by atoms with Crippen molar-refractivity contribution in [3.63, 3.8) is 0 Å². The van der Waals surface area contributed by atoms with Crippen molar-refractivity contribution in [3.8, 4) is 22.8 Å². The van der Waals surface area contributed by atoms with Gasteiger partial charge in [-0.05, 0) is 37.1 Å². The zero-order valence-electron chi connectivity index (χ0n) is 18.5. The van der Waals surface area contributed by atoms with Crippen molar-refractivity contribution in [2.24, 2.45) is 0 Å². The van der Waals surface area contributed by atoms with Crippen molar-refractivity contribution in [2.45, 2.75) is 19.8 Å². The summed E-state index contributed by atoms with van der Waals surface area (Å²) in [5, 5.41) is 13.5. The highest BCUT2D eigenvalue weighted by Gasteiger charge is 2.12. The van der Waals surface area contributed by atoms with Gasteiger partial charge in [0, 0.05) is 35.2 Å². The Bertz CT molecular complexity index is 1270. The molecule has 0 bridgehead atoms. The molecule has 170 valence electrons. The number of anilines is 1. The first kappa shape index (κ1) is 22.1. The number of nitrogens with one attached hydrogen (secondary N) is 1. The summed E-state index contributed by atoms with van der Waals surface area (Å²) in [6, 6.07) is 13.2. The second-order valence-corrected chi connectivity index (χ2v) is 7.41. The number of benzene rings is 2. The minimum atomic E-state index is -0.902. The molecule has 33 heavy (non-hydrogen) atoms. The third kappa shape index (κ3) is 5.23. The van der Waals surface area contributed by atoms with Gasteiger partial charge in [-0.25, -0.2) is 9.97 Å². The van der Waals surface area contributed by atoms with Crippen LogP contribution in [0, 0.1) is 0 Å². The van der Waals surface area contributed by atoms with Gasteiger partial charge in [0.25, 0.3) is 0 Å². The summed E-state index contributed by atoms with van der Waals surface area (Å²) >= 11 is 0. The number of carboxylic acid groups (broad SMARTS) is 1. The lowest BCUT2D eigenvalue weighted by Crippen LogP contribution is -2.08. The van der Waals surface area contributed by atoms with Gasteiger partial charge < -0.3 is 24.3 Å². The number of ether oxygens (including phenoxy) is 2. The number of rotatable bonds is 10. The molecule has 0 spiro atoms. The molecule has 4 aromatic rings. The Kier molecular flexibility index (Phi) is 6.73. The SMILES string of the molecule is CCOc1cc(-c2cc(NCCc3cc4ccoc4cc3OC)ncn2)ccc1CC(=O)O. The third-order valence-corrected chi connectivity index (χ3v) is 5.23. The molecule has 2 aromatic heterocycles. The molecule has 2 heterocycles. The summed E-state index contributed by atoms with van der Waals surface area (Å²) in [4.78, 5) is 19.8. The van der Waals surface area contributed by atoms with Crippen LogP contribution in [0.5, 0.6) is 11.5 Å². The second kappa shape index (κ2) is 10.0. The number of nitrogens with zero attached hydrogens (tertiary/aromatic N) is 2. The molecule has 0 amide bonds. The van der Waals surface area contributed by atoms with Gasteiger partial charge in [0.1, 0.15) is 29.2 Å². The van der Waals surface area contributed by atoms with Crippen LogP contribution in [-0.2, 0) is 17.6 Å². The maximum Gasteiger partial charge on any atom is 0.307 e. The summed E-state index contributed by atoms with van der Waals surface area (Å²) in [6.07, 6.45) is 3.81. The molecule has 2 N–H and O–H groups in total. The van der Waals surface area contributed by atoms with Crippen molar-refractivity contribution in [2.75, 3.05) is 25.6 Å². The lowest BCUT2D eigenvalue weighted by atomic mass is 10.1. The number of methoxy groups -OCH3 is 1. The molecule has 0 radical (unpaired) electrons. The van der Waals surface area contributed by atoms with E-state index < -0.39 is 5.97 Å². The number of fused-ring (bicyclic) bond motifs is 1. The largest absolute Gasteiger partial charge is 0.496 e. The van der Waals surface area contributed by atoms with Gasteiger partial charge in [0.2, 0.25) is 0 Å². The van der Waals surface area contributed by atoms with E-state index in [0.29, 0.717) is 36.0 Å². The van der Waals surface area contributed by atoms with Gasteiger partial charge in [-0.3, -0.25) is 4.79 Å². The van der Waals surface area contributed by atoms with Gasteiger partial charge in [-0.2, -0.15) is 0 Å². The summed E-state index contributed by atoms with van der Waals surface area (Å²) < 4.78 is 16.6. The number of furan rings is 1. The quantitative estimate of drug-likeness (QED) is 0.364. The van der Waals surface area contributed by atoms with Gasteiger partial charge in [-0.15, -0.1) is 0 Å². The van der Waals surface area contributed by atoms with Crippen LogP contribution in [0.4, 0.5) is 5.82 Å². The molecule has 0 aliphatic heterocycles. The molecule has 2 aromatic carbocycles. The molecule has 0 aliphatic rings. The molecule has 4 rings (SSSR count). The molecule has 8 nitrogen and oxygen atoms in total. The average Bonchev–Trinajstić information content (AvgIpc) is 3.27.